The number of nitrogens with zero attached hydrogens (tertiary/aromatic N) is 2. The lowest BCUT2D eigenvalue weighted by Crippen LogP contribution is -2.52. The minimum atomic E-state index is -3.12. The first kappa shape index (κ1) is 15.9. The number of sulfonamides is 1. The van der Waals surface area contributed by atoms with E-state index >= 15 is 0 Å². The van der Waals surface area contributed by atoms with Gasteiger partial charge in [-0.2, -0.15) is 4.31 Å². The predicted molar refractivity (Wildman–Crippen MR) is 75.2 cm³/mol. The molecule has 0 aromatic heterocycles. The maximum Gasteiger partial charge on any atom is 0.236 e. The van der Waals surface area contributed by atoms with Crippen molar-refractivity contribution in [1.29, 1.82) is 0 Å². The van der Waals surface area contributed by atoms with Crippen LogP contribution in [0.2, 0.25) is 0 Å². The van der Waals surface area contributed by atoms with Crippen LogP contribution in [-0.2, 0) is 14.8 Å². The minimum absolute atomic E-state index is 0.0602. The zero-order valence-corrected chi connectivity index (χ0v) is 13.3. The Morgan fingerprint density at radius 1 is 1.22 bits per heavy atom. The summed E-state index contributed by atoms with van der Waals surface area (Å²) in [5.41, 5.74) is 0. The minimum Gasteiger partial charge on any atom is -0.339 e. The van der Waals surface area contributed by atoms with Crippen LogP contribution >= 0.6 is 15.9 Å². The van der Waals surface area contributed by atoms with E-state index in [0.717, 1.165) is 6.42 Å². The molecule has 0 aromatic rings. The van der Waals surface area contributed by atoms with Crippen molar-refractivity contribution in [2.75, 3.05) is 31.9 Å². The Balaban J connectivity index is 2.54. The van der Waals surface area contributed by atoms with E-state index in [1.54, 1.807) is 4.90 Å². The second kappa shape index (κ2) is 6.86. The normalized spacial score (nSPS) is 19.8. The quantitative estimate of drug-likeness (QED) is 0.702. The number of hydrogen-bond acceptors (Lipinski definition) is 3. The molecule has 1 saturated heterocycles. The molecule has 0 aromatic carbocycles. The Hall–Kier alpha value is -0.140. The van der Waals surface area contributed by atoms with Gasteiger partial charge in [0.05, 0.1) is 10.6 Å². The van der Waals surface area contributed by atoms with Gasteiger partial charge >= 0.3 is 0 Å². The molecule has 1 heterocycles. The first-order valence-corrected chi connectivity index (χ1v) is 8.85. The lowest BCUT2D eigenvalue weighted by atomic mass is 10.2. The fraction of sp³-hybridized carbons (Fsp3) is 0.909. The molecular formula is C11H21BrN2O3S. The van der Waals surface area contributed by atoms with Gasteiger partial charge in [0.25, 0.3) is 0 Å². The second-order valence-corrected chi connectivity index (χ2v) is 7.61. The number of alkyl halides is 1. The molecule has 1 rings (SSSR count). The molecule has 18 heavy (non-hydrogen) atoms. The summed E-state index contributed by atoms with van der Waals surface area (Å²) in [4.78, 5) is 13.5. The van der Waals surface area contributed by atoms with E-state index in [1.165, 1.54) is 4.31 Å². The average Bonchev–Trinajstić information content (AvgIpc) is 2.37. The topological polar surface area (TPSA) is 57.7 Å². The van der Waals surface area contributed by atoms with Gasteiger partial charge in [-0.25, -0.2) is 8.42 Å². The molecule has 0 aliphatic carbocycles. The van der Waals surface area contributed by atoms with Crippen molar-refractivity contribution in [1.82, 2.24) is 9.21 Å². The summed E-state index contributed by atoms with van der Waals surface area (Å²) in [6.07, 6.45) is 1.37. The van der Waals surface area contributed by atoms with Crippen LogP contribution < -0.4 is 0 Å². The van der Waals surface area contributed by atoms with Crippen molar-refractivity contribution in [3.63, 3.8) is 0 Å². The molecule has 0 radical (unpaired) electrons. The van der Waals surface area contributed by atoms with Crippen molar-refractivity contribution >= 4 is 31.9 Å². The zero-order valence-electron chi connectivity index (χ0n) is 10.9. The van der Waals surface area contributed by atoms with Gasteiger partial charge in [-0.1, -0.05) is 29.8 Å². The summed E-state index contributed by atoms with van der Waals surface area (Å²) >= 11 is 3.33. The van der Waals surface area contributed by atoms with Crippen LogP contribution in [0.15, 0.2) is 0 Å². The van der Waals surface area contributed by atoms with E-state index < -0.39 is 10.0 Å². The van der Waals surface area contributed by atoms with Gasteiger partial charge in [0.15, 0.2) is 0 Å². The molecule has 5 nitrogen and oxygen atoms in total. The molecule has 0 N–H and O–H groups in total. The highest BCUT2D eigenvalue weighted by Crippen LogP contribution is 2.14. The molecule has 1 unspecified atom stereocenters. The summed E-state index contributed by atoms with van der Waals surface area (Å²) in [7, 11) is -3.12. The van der Waals surface area contributed by atoms with Gasteiger partial charge in [-0.3, -0.25) is 4.79 Å². The van der Waals surface area contributed by atoms with Gasteiger partial charge < -0.3 is 4.90 Å². The van der Waals surface area contributed by atoms with Crippen LogP contribution in [0.25, 0.3) is 0 Å². The molecule has 106 valence electrons. The maximum atomic E-state index is 11.9. The van der Waals surface area contributed by atoms with E-state index in [-0.39, 0.29) is 16.5 Å². The summed E-state index contributed by atoms with van der Waals surface area (Å²) in [6, 6.07) is 0. The van der Waals surface area contributed by atoms with Crippen LogP contribution in [0.3, 0.4) is 0 Å². The number of piperazine rings is 1. The summed E-state index contributed by atoms with van der Waals surface area (Å²) < 4.78 is 25.2. The first-order valence-electron chi connectivity index (χ1n) is 6.33. The molecule has 7 heteroatoms. The number of hydrogen-bond donors (Lipinski definition) is 0. The standard InChI is InChI=1S/C11H21BrN2O3S/c1-3-9-18(16,17)14-7-5-13(6-8-14)11(15)10(12)4-2/h10H,3-9H2,1-2H3. The Bertz CT molecular complexity index is 378. The predicted octanol–water partition coefficient (Wildman–Crippen LogP) is 1.04. The van der Waals surface area contributed by atoms with Gasteiger partial charge in [0, 0.05) is 26.2 Å². The Kier molecular flexibility index (Phi) is 6.07. The molecule has 1 aliphatic heterocycles. The van der Waals surface area contributed by atoms with E-state index in [4.69, 9.17) is 0 Å². The third-order valence-electron chi connectivity index (χ3n) is 3.03. The lowest BCUT2D eigenvalue weighted by Gasteiger charge is -2.34. The second-order valence-electron chi connectivity index (χ2n) is 4.42. The molecule has 0 bridgehead atoms. The number of carbonyl (C=O) groups is 1. The molecule has 1 atom stereocenters. The number of halogens is 1. The molecule has 0 saturated carbocycles. The fourth-order valence-electron chi connectivity index (χ4n) is 1.95. The van der Waals surface area contributed by atoms with Gasteiger partial charge in [-0.05, 0) is 12.8 Å². The van der Waals surface area contributed by atoms with Crippen molar-refractivity contribution < 1.29 is 13.2 Å². The van der Waals surface area contributed by atoms with Crippen molar-refractivity contribution in [3.8, 4) is 0 Å². The third-order valence-corrected chi connectivity index (χ3v) is 6.15. The van der Waals surface area contributed by atoms with Crippen LogP contribution in [0.5, 0.6) is 0 Å². The van der Waals surface area contributed by atoms with E-state index in [0.29, 0.717) is 32.6 Å². The molecule has 0 spiro atoms. The first-order chi connectivity index (χ1) is 8.42. The van der Waals surface area contributed by atoms with Crippen LogP contribution in [0.4, 0.5) is 0 Å². The van der Waals surface area contributed by atoms with Gasteiger partial charge in [-0.15, -0.1) is 0 Å². The van der Waals surface area contributed by atoms with Gasteiger partial charge in [0.1, 0.15) is 0 Å². The SMILES string of the molecule is CCCS(=O)(=O)N1CCN(C(=O)C(Br)CC)CC1. The average molecular weight is 341 g/mol. The summed E-state index contributed by atoms with van der Waals surface area (Å²) in [6.45, 7) is 5.61. The zero-order chi connectivity index (χ0) is 13.8. The lowest BCUT2D eigenvalue weighted by molar-refractivity contribution is -0.131. The highest BCUT2D eigenvalue weighted by atomic mass is 79.9. The van der Waals surface area contributed by atoms with Crippen LogP contribution in [0.1, 0.15) is 26.7 Å². The van der Waals surface area contributed by atoms with Crippen LogP contribution in [-0.4, -0.2) is 60.3 Å². The van der Waals surface area contributed by atoms with Crippen molar-refractivity contribution in [3.05, 3.63) is 0 Å². The Morgan fingerprint density at radius 2 is 1.78 bits per heavy atom. The van der Waals surface area contributed by atoms with Gasteiger partial charge in [0.2, 0.25) is 15.9 Å². The monoisotopic (exact) mass is 340 g/mol. The number of amides is 1. The van der Waals surface area contributed by atoms with Crippen LogP contribution in [0, 0.1) is 0 Å². The smallest absolute Gasteiger partial charge is 0.236 e. The highest BCUT2D eigenvalue weighted by molar-refractivity contribution is 9.10. The maximum absolute atomic E-state index is 11.9. The molecule has 1 aliphatic rings. The van der Waals surface area contributed by atoms with E-state index in [9.17, 15) is 13.2 Å². The summed E-state index contributed by atoms with van der Waals surface area (Å²) in [5, 5.41) is 0. The number of rotatable bonds is 5. The Labute approximate surface area is 118 Å². The third kappa shape index (κ3) is 3.93. The number of carbonyl (C=O) groups excluding carboxylic acids is 1. The molecule has 1 amide bonds. The Morgan fingerprint density at radius 3 is 2.22 bits per heavy atom. The van der Waals surface area contributed by atoms with E-state index in [2.05, 4.69) is 15.9 Å². The van der Waals surface area contributed by atoms with Crippen molar-refractivity contribution in [2.24, 2.45) is 0 Å². The largest absolute Gasteiger partial charge is 0.339 e. The molecule has 1 fully saturated rings. The fourth-order valence-corrected chi connectivity index (χ4v) is 3.73. The van der Waals surface area contributed by atoms with E-state index in [1.807, 2.05) is 13.8 Å². The summed E-state index contributed by atoms with van der Waals surface area (Å²) in [5.74, 6) is 0.252. The molecular weight excluding hydrogens is 320 g/mol. The van der Waals surface area contributed by atoms with Crippen molar-refractivity contribution in [2.45, 2.75) is 31.5 Å². The highest BCUT2D eigenvalue weighted by Gasteiger charge is 2.29.